The van der Waals surface area contributed by atoms with E-state index in [0.717, 1.165) is 12.1 Å². The molecule has 0 bridgehead atoms. The van der Waals surface area contributed by atoms with Crippen molar-refractivity contribution in [1.29, 1.82) is 5.26 Å². The summed E-state index contributed by atoms with van der Waals surface area (Å²) in [5.74, 6) is 4.12. The molecule has 156 valence electrons. The average Bonchev–Trinajstić information content (AvgIpc) is 2.64. The van der Waals surface area contributed by atoms with E-state index in [1.165, 1.54) is 30.3 Å². The number of nitriles is 1. The quantitative estimate of drug-likeness (QED) is 0.555. The van der Waals surface area contributed by atoms with Crippen molar-refractivity contribution >= 4 is 25.6 Å². The Balaban J connectivity index is 2.41. The number of carbonyl (C=O) groups excluding carboxylic acids is 1. The second-order valence-corrected chi connectivity index (χ2v) is 11.0. The van der Waals surface area contributed by atoms with Crippen molar-refractivity contribution in [2.45, 2.75) is 30.6 Å². The van der Waals surface area contributed by atoms with Crippen molar-refractivity contribution in [3.8, 4) is 17.9 Å². The van der Waals surface area contributed by atoms with Crippen LogP contribution < -0.4 is 5.14 Å². The average molecular weight is 445 g/mol. The molecule has 0 aliphatic carbocycles. The van der Waals surface area contributed by atoms with Gasteiger partial charge in [0.25, 0.3) is 0 Å². The molecule has 0 fully saturated rings. The molecule has 0 heterocycles. The molecular formula is C21H20N2O5S2. The Labute approximate surface area is 176 Å². The van der Waals surface area contributed by atoms with Gasteiger partial charge in [-0.3, -0.25) is 4.79 Å². The van der Waals surface area contributed by atoms with Gasteiger partial charge in [0.15, 0.2) is 15.6 Å². The molecule has 0 amide bonds. The Kier molecular flexibility index (Phi) is 6.53. The lowest BCUT2D eigenvalue weighted by Crippen LogP contribution is -2.21. The topological polar surface area (TPSA) is 135 Å². The zero-order valence-electron chi connectivity index (χ0n) is 16.6. The first-order valence-corrected chi connectivity index (χ1v) is 11.9. The first-order chi connectivity index (χ1) is 13.7. The summed E-state index contributed by atoms with van der Waals surface area (Å²) in [6.45, 7) is 5.73. The smallest absolute Gasteiger partial charge is 0.239 e. The number of nitrogens with zero attached hydrogens (tertiary/aromatic N) is 1. The summed E-state index contributed by atoms with van der Waals surface area (Å²) in [6, 6.07) is 10.9. The fourth-order valence-electron chi connectivity index (χ4n) is 2.45. The zero-order chi connectivity index (χ0) is 22.7. The van der Waals surface area contributed by atoms with Gasteiger partial charge >= 0.3 is 0 Å². The number of carbonyl (C=O) groups is 1. The molecular weight excluding hydrogens is 424 g/mol. The van der Waals surface area contributed by atoms with Gasteiger partial charge in [-0.1, -0.05) is 30.0 Å². The Hall–Kier alpha value is -2.98. The maximum Gasteiger partial charge on any atom is 0.239 e. The summed E-state index contributed by atoms with van der Waals surface area (Å²) in [4.78, 5) is 11.5. The van der Waals surface area contributed by atoms with E-state index in [-0.39, 0.29) is 16.5 Å². The third-order valence-electron chi connectivity index (χ3n) is 3.85. The van der Waals surface area contributed by atoms with Crippen LogP contribution in [-0.2, 0) is 19.9 Å². The highest BCUT2D eigenvalue weighted by Crippen LogP contribution is 2.22. The molecule has 7 nitrogen and oxygen atoms in total. The minimum absolute atomic E-state index is 0.00419. The number of rotatable bonds is 5. The first-order valence-electron chi connectivity index (χ1n) is 8.70. The monoisotopic (exact) mass is 444 g/mol. The normalized spacial score (nSPS) is 11.8. The Morgan fingerprint density at radius 1 is 1.00 bits per heavy atom. The van der Waals surface area contributed by atoms with Gasteiger partial charge in [-0.2, -0.15) is 5.26 Å². The number of hydrogen-bond donors (Lipinski definition) is 1. The first kappa shape index (κ1) is 23.3. The van der Waals surface area contributed by atoms with Crippen molar-refractivity contribution in [2.24, 2.45) is 10.6 Å². The van der Waals surface area contributed by atoms with Crippen LogP contribution >= 0.6 is 0 Å². The molecule has 0 aromatic heterocycles. The molecule has 0 saturated carbocycles. The maximum absolute atomic E-state index is 12.7. The SMILES string of the molecule is CC(C)(C)C#Cc1ccc(C(=O)CS(=O)(=O)c2ccccc2S(N)(=O)=O)cc1C#N. The molecule has 0 saturated heterocycles. The Morgan fingerprint density at radius 2 is 1.60 bits per heavy atom. The molecule has 0 aliphatic rings. The van der Waals surface area contributed by atoms with Crippen LogP contribution in [0.3, 0.4) is 0 Å². The van der Waals surface area contributed by atoms with Crippen LogP contribution in [-0.4, -0.2) is 28.4 Å². The highest BCUT2D eigenvalue weighted by molar-refractivity contribution is 7.94. The Bertz CT molecular complexity index is 1320. The molecule has 2 aromatic rings. The van der Waals surface area contributed by atoms with E-state index in [1.54, 1.807) is 0 Å². The van der Waals surface area contributed by atoms with E-state index in [4.69, 9.17) is 5.14 Å². The highest BCUT2D eigenvalue weighted by Gasteiger charge is 2.27. The van der Waals surface area contributed by atoms with Crippen molar-refractivity contribution in [3.05, 3.63) is 59.2 Å². The van der Waals surface area contributed by atoms with E-state index >= 15 is 0 Å². The molecule has 30 heavy (non-hydrogen) atoms. The molecule has 9 heteroatoms. The zero-order valence-corrected chi connectivity index (χ0v) is 18.3. The maximum atomic E-state index is 12.7. The molecule has 2 rings (SSSR count). The summed E-state index contributed by atoms with van der Waals surface area (Å²) in [7, 11) is -8.60. The Morgan fingerprint density at radius 3 is 2.13 bits per heavy atom. The van der Waals surface area contributed by atoms with Crippen LogP contribution in [0.1, 0.15) is 42.3 Å². The third-order valence-corrected chi connectivity index (χ3v) is 6.61. The van der Waals surface area contributed by atoms with Gasteiger partial charge in [0.05, 0.1) is 10.5 Å². The lowest BCUT2D eigenvalue weighted by Gasteiger charge is -2.09. The third kappa shape index (κ3) is 5.77. The second-order valence-electron chi connectivity index (χ2n) is 7.55. The summed E-state index contributed by atoms with van der Waals surface area (Å²) >= 11 is 0. The van der Waals surface area contributed by atoms with Gasteiger partial charge in [-0.05, 0) is 45.0 Å². The molecule has 0 radical (unpaired) electrons. The van der Waals surface area contributed by atoms with E-state index < -0.39 is 41.2 Å². The van der Waals surface area contributed by atoms with E-state index in [1.807, 2.05) is 26.8 Å². The molecule has 0 spiro atoms. The number of Topliss-reactive ketones (excluding diaryl/α,β-unsaturated/α-hetero) is 1. The molecule has 0 aliphatic heterocycles. The van der Waals surface area contributed by atoms with Gasteiger partial charge in [-0.25, -0.2) is 22.0 Å². The van der Waals surface area contributed by atoms with Crippen molar-refractivity contribution in [3.63, 3.8) is 0 Å². The van der Waals surface area contributed by atoms with E-state index in [9.17, 15) is 26.9 Å². The predicted octanol–water partition coefficient (Wildman–Crippen LogP) is 2.26. The summed E-state index contributed by atoms with van der Waals surface area (Å²) in [5.41, 5.74) is 0.280. The van der Waals surface area contributed by atoms with Crippen molar-refractivity contribution < 1.29 is 21.6 Å². The fraction of sp³-hybridized carbons (Fsp3) is 0.238. The van der Waals surface area contributed by atoms with Crippen LogP contribution in [0.4, 0.5) is 0 Å². The number of primary sulfonamides is 1. The van der Waals surface area contributed by atoms with Crippen LogP contribution in [0.25, 0.3) is 0 Å². The van der Waals surface area contributed by atoms with Crippen LogP contribution in [0, 0.1) is 28.6 Å². The van der Waals surface area contributed by atoms with Crippen molar-refractivity contribution in [2.75, 3.05) is 5.75 Å². The van der Waals surface area contributed by atoms with Gasteiger partial charge in [0.2, 0.25) is 10.0 Å². The van der Waals surface area contributed by atoms with Crippen LogP contribution in [0.15, 0.2) is 52.3 Å². The van der Waals surface area contributed by atoms with Crippen LogP contribution in [0.2, 0.25) is 0 Å². The lowest BCUT2D eigenvalue weighted by molar-refractivity contribution is 0.102. The number of nitrogens with two attached hydrogens (primary N) is 1. The number of hydrogen-bond acceptors (Lipinski definition) is 6. The van der Waals surface area contributed by atoms with Crippen molar-refractivity contribution in [1.82, 2.24) is 0 Å². The largest absolute Gasteiger partial charge is 0.293 e. The van der Waals surface area contributed by atoms with Gasteiger partial charge < -0.3 is 0 Å². The molecule has 0 unspecified atom stereocenters. The van der Waals surface area contributed by atoms with E-state index in [2.05, 4.69) is 11.8 Å². The molecule has 2 N–H and O–H groups in total. The fourth-order valence-corrected chi connectivity index (χ4v) is 5.12. The van der Waals surface area contributed by atoms with Crippen LogP contribution in [0.5, 0.6) is 0 Å². The standard InChI is InChI=1S/C21H20N2O5S2/c1-21(2,3)11-10-15-8-9-16(12-17(15)13-22)18(24)14-29(25,26)19-6-4-5-7-20(19)30(23,27)28/h4-9,12H,14H2,1-3H3,(H2,23,27,28). The van der Waals surface area contributed by atoms with Gasteiger partial charge in [-0.15, -0.1) is 0 Å². The summed E-state index contributed by atoms with van der Waals surface area (Å²) in [6.07, 6.45) is 0. The number of sulfone groups is 1. The number of ketones is 1. The second kappa shape index (κ2) is 8.41. The molecule has 2 aromatic carbocycles. The summed E-state index contributed by atoms with van der Waals surface area (Å²) in [5, 5.41) is 14.4. The lowest BCUT2D eigenvalue weighted by atomic mass is 9.96. The summed E-state index contributed by atoms with van der Waals surface area (Å²) < 4.78 is 48.8. The van der Waals surface area contributed by atoms with E-state index in [0.29, 0.717) is 5.56 Å². The minimum atomic E-state index is -4.30. The minimum Gasteiger partial charge on any atom is -0.293 e. The number of sulfonamides is 1. The molecule has 0 atom stereocenters. The number of benzene rings is 2. The highest BCUT2D eigenvalue weighted by atomic mass is 32.2. The predicted molar refractivity (Wildman–Crippen MR) is 112 cm³/mol. The van der Waals surface area contributed by atoms with Gasteiger partial charge in [0, 0.05) is 16.5 Å². The van der Waals surface area contributed by atoms with Gasteiger partial charge in [0.1, 0.15) is 16.7 Å².